The molecular weight excluding hydrogens is 672 g/mol. The Morgan fingerprint density at radius 3 is 2.52 bits per heavy atom. The van der Waals surface area contributed by atoms with Crippen molar-refractivity contribution in [2.45, 2.75) is 38.3 Å². The summed E-state index contributed by atoms with van der Waals surface area (Å²) in [6, 6.07) is 9.93. The molecule has 2 aliphatic heterocycles. The van der Waals surface area contributed by atoms with Crippen molar-refractivity contribution in [3.05, 3.63) is 65.8 Å². The van der Waals surface area contributed by atoms with Gasteiger partial charge in [-0.2, -0.15) is 0 Å². The smallest absolute Gasteiger partial charge is 0.291 e. The van der Waals surface area contributed by atoms with Gasteiger partial charge in [0.1, 0.15) is 17.3 Å². The molecule has 0 aliphatic carbocycles. The van der Waals surface area contributed by atoms with E-state index in [1.165, 1.54) is 17.0 Å². The second kappa shape index (κ2) is 12.3. The number of carbonyl (C=O) groups is 1. The number of phenolic OH excluding ortho intramolecular Hbond substituents is 1. The fourth-order valence-corrected chi connectivity index (χ4v) is 6.82. The lowest BCUT2D eigenvalue weighted by Crippen LogP contribution is -2.63. The van der Waals surface area contributed by atoms with Crippen LogP contribution in [0.5, 0.6) is 11.6 Å². The van der Waals surface area contributed by atoms with Crippen LogP contribution in [0.3, 0.4) is 0 Å². The lowest BCUT2D eigenvalue weighted by Gasteiger charge is -2.53. The highest BCUT2D eigenvalue weighted by atomic mass is 127. The van der Waals surface area contributed by atoms with Gasteiger partial charge in [-0.1, -0.05) is 17.7 Å². The molecule has 1 atom stereocenters. The Morgan fingerprint density at radius 2 is 1.93 bits per heavy atom. The number of aromatic hydroxyl groups is 1. The predicted molar refractivity (Wildman–Crippen MR) is 174 cm³/mol. The topological polar surface area (TPSA) is 81.2 Å². The highest BCUT2D eigenvalue weighted by Crippen LogP contribution is 2.46. The molecule has 1 spiro atoms. The molecule has 3 aromatic rings. The molecule has 42 heavy (non-hydrogen) atoms. The van der Waals surface area contributed by atoms with Gasteiger partial charge in [-0.15, -0.1) is 0 Å². The molecule has 1 amide bonds. The van der Waals surface area contributed by atoms with Crippen molar-refractivity contribution >= 4 is 49.5 Å². The van der Waals surface area contributed by atoms with Gasteiger partial charge in [0.15, 0.2) is 0 Å². The number of hydrogen-bond acceptors (Lipinski definition) is 7. The Hall–Kier alpha value is -3.09. The third-order valence-corrected chi connectivity index (χ3v) is 9.06. The molecule has 2 N–H and O–H groups in total. The summed E-state index contributed by atoms with van der Waals surface area (Å²) in [5.74, 6) is -0.122. The molecule has 8 nitrogen and oxygen atoms in total. The van der Waals surface area contributed by atoms with Gasteiger partial charge in [-0.05, 0) is 62.6 Å². The molecule has 2 fully saturated rings. The number of methoxy groups -OCH3 is 1. The number of rotatable bonds is 8. The summed E-state index contributed by atoms with van der Waals surface area (Å²) in [5.41, 5.74) is 3.08. The molecule has 2 saturated heterocycles. The number of nitrogens with one attached hydrogen (secondary N) is 1. The fourth-order valence-electron chi connectivity index (χ4n) is 6.13. The van der Waals surface area contributed by atoms with E-state index in [0.29, 0.717) is 34.3 Å². The molecule has 222 valence electrons. The number of likely N-dealkylation sites (tertiary alicyclic amines) is 1. The number of halogens is 3. The number of ether oxygens (including phenoxy) is 1. The van der Waals surface area contributed by atoms with Crippen LogP contribution >= 0.6 is 34.2 Å². The zero-order chi connectivity index (χ0) is 30.2. The number of benzene rings is 2. The van der Waals surface area contributed by atoms with Gasteiger partial charge in [-0.25, -0.2) is 9.37 Å². The van der Waals surface area contributed by atoms with Crippen molar-refractivity contribution in [1.29, 1.82) is 0 Å². The van der Waals surface area contributed by atoms with Crippen molar-refractivity contribution in [2.24, 2.45) is 0 Å². The largest absolute Gasteiger partial charge is 0.507 e. The van der Waals surface area contributed by atoms with Crippen LogP contribution in [0.25, 0.3) is 22.3 Å². The van der Waals surface area contributed by atoms with Crippen LogP contribution in [0.15, 0.2) is 55.0 Å². The van der Waals surface area contributed by atoms with Gasteiger partial charge in [0, 0.05) is 96.1 Å². The maximum Gasteiger partial charge on any atom is 0.291 e. The summed E-state index contributed by atoms with van der Waals surface area (Å²) in [6.45, 7) is 7.29. The summed E-state index contributed by atoms with van der Waals surface area (Å²) in [5, 5.41) is 14.5. The highest BCUT2D eigenvalue weighted by Gasteiger charge is 2.50. The second-order valence-corrected chi connectivity index (χ2v) is 12.3. The van der Waals surface area contributed by atoms with Crippen LogP contribution in [-0.4, -0.2) is 64.3 Å². The normalized spacial score (nSPS) is 18.6. The number of nitrogens with zero attached hydrogens (tertiary/aromatic N) is 4. The highest BCUT2D eigenvalue weighted by molar-refractivity contribution is 14.1. The van der Waals surface area contributed by atoms with Crippen molar-refractivity contribution in [1.82, 2.24) is 15.2 Å². The van der Waals surface area contributed by atoms with E-state index in [9.17, 15) is 9.90 Å². The number of phenols is 1. The maximum atomic E-state index is 15.1. The van der Waals surface area contributed by atoms with Gasteiger partial charge in [0.2, 0.25) is 5.88 Å². The maximum absolute atomic E-state index is 15.1. The molecule has 2 aromatic carbocycles. The van der Waals surface area contributed by atoms with E-state index >= 15 is 4.39 Å². The molecule has 5 rings (SSSR count). The van der Waals surface area contributed by atoms with Crippen molar-refractivity contribution < 1.29 is 19.0 Å². The van der Waals surface area contributed by atoms with E-state index in [1.54, 1.807) is 73.5 Å². The second-order valence-electron chi connectivity index (χ2n) is 10.9. The summed E-state index contributed by atoms with van der Waals surface area (Å²) in [4.78, 5) is 23.0. The number of carbonyl (C=O) groups excluding carboxylic acids is 1. The Morgan fingerprint density at radius 1 is 1.21 bits per heavy atom. The van der Waals surface area contributed by atoms with Gasteiger partial charge in [-0.3, -0.25) is 14.6 Å². The monoisotopic (exact) mass is 705 g/mol. The molecule has 1 unspecified atom stereocenters. The Balaban J connectivity index is 1.51. The van der Waals surface area contributed by atoms with E-state index in [0.717, 1.165) is 38.2 Å². The van der Waals surface area contributed by atoms with Gasteiger partial charge in [0.25, 0.3) is 3.91 Å². The van der Waals surface area contributed by atoms with Gasteiger partial charge < -0.3 is 20.1 Å². The van der Waals surface area contributed by atoms with Crippen LogP contribution in [0.1, 0.15) is 26.7 Å². The number of anilines is 2. The van der Waals surface area contributed by atoms with Crippen LogP contribution < -0.4 is 19.9 Å². The SMILES string of the molecule is CN/C=C\N(C(=O)I)c1ccc(-c2cc(F)cc(-c3cnc(OC)c(N4CCC5(CCN5C(C)C)C4)c3)c2O)cc1Cl. The zero-order valence-electron chi connectivity index (χ0n) is 24.0. The first-order valence-electron chi connectivity index (χ1n) is 13.8. The van der Waals surface area contributed by atoms with Gasteiger partial charge in [0.05, 0.1) is 17.8 Å². The van der Waals surface area contributed by atoms with E-state index in [4.69, 9.17) is 16.3 Å². The first-order valence-corrected chi connectivity index (χ1v) is 15.3. The van der Waals surface area contributed by atoms with Crippen LogP contribution in [0.2, 0.25) is 5.02 Å². The number of amides is 1. The lowest BCUT2D eigenvalue weighted by molar-refractivity contribution is -0.0237. The predicted octanol–water partition coefficient (Wildman–Crippen LogP) is 7.04. The van der Waals surface area contributed by atoms with Crippen molar-refractivity contribution in [3.63, 3.8) is 0 Å². The molecule has 3 heterocycles. The average Bonchev–Trinajstić information content (AvgIpc) is 3.41. The van der Waals surface area contributed by atoms with Gasteiger partial charge >= 0.3 is 0 Å². The molecule has 0 radical (unpaired) electrons. The standard InChI is InChI=1S/C31H34ClFIN5O3/c1-19(2)39-11-8-31(39)7-10-37(18-31)27-14-21(17-36-29(27)42-4)24-16-22(33)15-23(28(24)40)20-5-6-26(25(32)13-20)38(30(34)41)12-9-35-3/h5-6,9,12-17,19,35,40H,7-8,10-11,18H2,1-4H3/b12-9-. The molecule has 2 aliphatic rings. The van der Waals surface area contributed by atoms with Crippen LogP contribution in [0.4, 0.5) is 20.6 Å². The van der Waals surface area contributed by atoms with E-state index in [-0.39, 0.29) is 25.8 Å². The Kier molecular flexibility index (Phi) is 8.86. The molecule has 1 aromatic heterocycles. The molecular formula is C31H34ClFIN5O3. The third kappa shape index (κ3) is 5.63. The lowest BCUT2D eigenvalue weighted by atomic mass is 9.82. The van der Waals surface area contributed by atoms with E-state index in [2.05, 4.69) is 33.9 Å². The number of hydrogen-bond donors (Lipinski definition) is 2. The van der Waals surface area contributed by atoms with Crippen LogP contribution in [0, 0.1) is 5.82 Å². The first kappa shape index (κ1) is 30.4. The van der Waals surface area contributed by atoms with E-state index in [1.807, 2.05) is 6.07 Å². The third-order valence-electron chi connectivity index (χ3n) is 8.23. The first-order chi connectivity index (χ1) is 20.1. The molecule has 0 bridgehead atoms. The minimum atomic E-state index is -0.515. The number of aromatic nitrogens is 1. The van der Waals surface area contributed by atoms with Crippen molar-refractivity contribution in [3.8, 4) is 33.9 Å². The minimum Gasteiger partial charge on any atom is -0.507 e. The molecule has 11 heteroatoms. The summed E-state index contributed by atoms with van der Waals surface area (Å²) < 4.78 is 20.4. The molecule has 0 saturated carbocycles. The fraction of sp³-hybridized carbons (Fsp3) is 0.355. The zero-order valence-corrected chi connectivity index (χ0v) is 26.9. The quantitative estimate of drug-likeness (QED) is 0.148. The van der Waals surface area contributed by atoms with Crippen LogP contribution in [-0.2, 0) is 0 Å². The summed E-state index contributed by atoms with van der Waals surface area (Å²) in [7, 11) is 3.31. The Bertz CT molecular complexity index is 1540. The van der Waals surface area contributed by atoms with Crippen molar-refractivity contribution in [2.75, 3.05) is 43.6 Å². The van der Waals surface area contributed by atoms with E-state index < -0.39 is 5.82 Å². The number of pyridine rings is 1. The minimum absolute atomic E-state index is 0.0992. The Labute approximate surface area is 264 Å². The average molecular weight is 706 g/mol. The summed E-state index contributed by atoms with van der Waals surface area (Å²) >= 11 is 8.26. The summed E-state index contributed by atoms with van der Waals surface area (Å²) in [6.07, 6.45) is 6.97.